The second kappa shape index (κ2) is 6.57. The standard InChI is InChI=1S/C21H25NO/c1-14-8-9-15(2)20(12-14)21(23)22-16(3)18-11-10-17-6-4-5-7-19(17)13-18/h8-13,16H,4-7H2,1-3H3,(H,22,23). The highest BCUT2D eigenvalue weighted by Crippen LogP contribution is 2.25. The van der Waals surface area contributed by atoms with Gasteiger partial charge in [0.25, 0.3) is 5.91 Å². The first-order valence-corrected chi connectivity index (χ1v) is 8.54. The molecule has 0 bridgehead atoms. The lowest BCUT2D eigenvalue weighted by Gasteiger charge is -2.20. The van der Waals surface area contributed by atoms with Crippen molar-refractivity contribution in [1.82, 2.24) is 5.32 Å². The maximum atomic E-state index is 12.6. The Kier molecular flexibility index (Phi) is 4.51. The van der Waals surface area contributed by atoms with Crippen LogP contribution in [-0.4, -0.2) is 5.91 Å². The van der Waals surface area contributed by atoms with Crippen molar-refractivity contribution in [3.8, 4) is 0 Å². The van der Waals surface area contributed by atoms with Gasteiger partial charge in [0.15, 0.2) is 0 Å². The Labute approximate surface area is 138 Å². The van der Waals surface area contributed by atoms with E-state index in [-0.39, 0.29) is 11.9 Å². The third kappa shape index (κ3) is 3.47. The Morgan fingerprint density at radius 2 is 1.74 bits per heavy atom. The molecule has 1 unspecified atom stereocenters. The van der Waals surface area contributed by atoms with Crippen molar-refractivity contribution in [2.24, 2.45) is 0 Å². The second-order valence-electron chi connectivity index (χ2n) is 6.75. The van der Waals surface area contributed by atoms with Crippen molar-refractivity contribution in [3.63, 3.8) is 0 Å². The molecule has 0 heterocycles. The van der Waals surface area contributed by atoms with E-state index in [4.69, 9.17) is 0 Å². The van der Waals surface area contributed by atoms with E-state index < -0.39 is 0 Å². The van der Waals surface area contributed by atoms with Gasteiger partial charge in [-0.2, -0.15) is 0 Å². The zero-order chi connectivity index (χ0) is 16.4. The molecule has 0 aromatic heterocycles. The van der Waals surface area contributed by atoms with Gasteiger partial charge in [-0.15, -0.1) is 0 Å². The molecule has 0 saturated heterocycles. The number of carbonyl (C=O) groups is 1. The zero-order valence-electron chi connectivity index (χ0n) is 14.3. The predicted molar refractivity (Wildman–Crippen MR) is 94.9 cm³/mol. The van der Waals surface area contributed by atoms with Crippen LogP contribution in [0.5, 0.6) is 0 Å². The molecule has 2 aromatic rings. The highest BCUT2D eigenvalue weighted by atomic mass is 16.1. The van der Waals surface area contributed by atoms with Gasteiger partial charge in [-0.25, -0.2) is 0 Å². The van der Waals surface area contributed by atoms with Crippen molar-refractivity contribution in [2.75, 3.05) is 0 Å². The number of hydrogen-bond donors (Lipinski definition) is 1. The summed E-state index contributed by atoms with van der Waals surface area (Å²) >= 11 is 0. The molecule has 1 N–H and O–H groups in total. The number of aryl methyl sites for hydroxylation is 4. The summed E-state index contributed by atoms with van der Waals surface area (Å²) in [4.78, 5) is 12.6. The van der Waals surface area contributed by atoms with Gasteiger partial charge in [-0.05, 0) is 74.8 Å². The van der Waals surface area contributed by atoms with Crippen molar-refractivity contribution < 1.29 is 4.79 Å². The van der Waals surface area contributed by atoms with Crippen LogP contribution in [0.2, 0.25) is 0 Å². The molecule has 1 aliphatic rings. The zero-order valence-corrected chi connectivity index (χ0v) is 14.3. The lowest BCUT2D eigenvalue weighted by Crippen LogP contribution is -2.27. The molecule has 0 aliphatic heterocycles. The van der Waals surface area contributed by atoms with Crippen LogP contribution in [0.3, 0.4) is 0 Å². The number of benzene rings is 2. The topological polar surface area (TPSA) is 29.1 Å². The molecule has 1 aliphatic carbocycles. The van der Waals surface area contributed by atoms with Crippen LogP contribution >= 0.6 is 0 Å². The minimum atomic E-state index is 0.0106. The first kappa shape index (κ1) is 15.8. The predicted octanol–water partition coefficient (Wildman–Crippen LogP) is 4.67. The molecule has 1 amide bonds. The summed E-state index contributed by atoms with van der Waals surface area (Å²) in [5.41, 5.74) is 7.04. The number of hydrogen-bond acceptors (Lipinski definition) is 1. The average Bonchev–Trinajstić information content (AvgIpc) is 2.56. The quantitative estimate of drug-likeness (QED) is 0.877. The van der Waals surface area contributed by atoms with Crippen LogP contribution in [0.15, 0.2) is 36.4 Å². The van der Waals surface area contributed by atoms with Gasteiger partial charge in [0.05, 0.1) is 6.04 Å². The van der Waals surface area contributed by atoms with Crippen LogP contribution in [0.25, 0.3) is 0 Å². The summed E-state index contributed by atoms with van der Waals surface area (Å²) in [7, 11) is 0. The van der Waals surface area contributed by atoms with E-state index in [1.54, 1.807) is 0 Å². The van der Waals surface area contributed by atoms with Crippen LogP contribution in [-0.2, 0) is 12.8 Å². The summed E-state index contributed by atoms with van der Waals surface area (Å²) in [6.07, 6.45) is 4.94. The SMILES string of the molecule is Cc1ccc(C)c(C(=O)NC(C)c2ccc3c(c2)CCCC3)c1. The Morgan fingerprint density at radius 3 is 2.52 bits per heavy atom. The first-order chi connectivity index (χ1) is 11.0. The summed E-state index contributed by atoms with van der Waals surface area (Å²) in [6.45, 7) is 6.06. The number of fused-ring (bicyclic) bond motifs is 1. The van der Waals surface area contributed by atoms with Crippen molar-refractivity contribution in [3.05, 3.63) is 69.8 Å². The minimum absolute atomic E-state index is 0.0106. The van der Waals surface area contributed by atoms with E-state index in [0.717, 1.165) is 16.7 Å². The van der Waals surface area contributed by atoms with Crippen molar-refractivity contribution >= 4 is 5.91 Å². The number of rotatable bonds is 3. The van der Waals surface area contributed by atoms with Gasteiger partial charge in [0.2, 0.25) is 0 Å². The number of carbonyl (C=O) groups excluding carboxylic acids is 1. The van der Waals surface area contributed by atoms with E-state index in [0.29, 0.717) is 0 Å². The lowest BCUT2D eigenvalue weighted by molar-refractivity contribution is 0.0939. The van der Waals surface area contributed by atoms with Gasteiger partial charge in [-0.1, -0.05) is 35.9 Å². The van der Waals surface area contributed by atoms with E-state index >= 15 is 0 Å². The highest BCUT2D eigenvalue weighted by Gasteiger charge is 2.16. The second-order valence-corrected chi connectivity index (χ2v) is 6.75. The van der Waals surface area contributed by atoms with Crippen LogP contribution < -0.4 is 5.32 Å². The normalized spacial score (nSPS) is 14.9. The number of nitrogens with one attached hydrogen (secondary N) is 1. The molecule has 0 spiro atoms. The van der Waals surface area contributed by atoms with Crippen LogP contribution in [0.4, 0.5) is 0 Å². The summed E-state index contributed by atoms with van der Waals surface area (Å²) < 4.78 is 0. The van der Waals surface area contributed by atoms with Crippen LogP contribution in [0.1, 0.15) is 64.0 Å². The fourth-order valence-corrected chi connectivity index (χ4v) is 3.36. The van der Waals surface area contributed by atoms with Gasteiger partial charge >= 0.3 is 0 Å². The molecule has 120 valence electrons. The van der Waals surface area contributed by atoms with Gasteiger partial charge in [-0.3, -0.25) is 4.79 Å². The molecular weight excluding hydrogens is 282 g/mol. The maximum Gasteiger partial charge on any atom is 0.252 e. The molecule has 1 atom stereocenters. The molecule has 0 saturated carbocycles. The summed E-state index contributed by atoms with van der Waals surface area (Å²) in [6, 6.07) is 12.7. The smallest absolute Gasteiger partial charge is 0.252 e. The van der Waals surface area contributed by atoms with Crippen molar-refractivity contribution in [2.45, 2.75) is 52.5 Å². The minimum Gasteiger partial charge on any atom is -0.346 e. The third-order valence-electron chi connectivity index (χ3n) is 4.86. The summed E-state index contributed by atoms with van der Waals surface area (Å²) in [5, 5.41) is 3.15. The first-order valence-electron chi connectivity index (χ1n) is 8.54. The molecule has 3 rings (SSSR count). The molecule has 0 radical (unpaired) electrons. The Hall–Kier alpha value is -2.09. The Bertz CT molecular complexity index is 733. The molecule has 0 fully saturated rings. The van der Waals surface area contributed by atoms with Gasteiger partial charge in [0.1, 0.15) is 0 Å². The largest absolute Gasteiger partial charge is 0.346 e. The summed E-state index contributed by atoms with van der Waals surface area (Å²) in [5.74, 6) is 0.0106. The molecule has 23 heavy (non-hydrogen) atoms. The molecule has 2 aromatic carbocycles. The Balaban J connectivity index is 1.77. The molecule has 2 heteroatoms. The number of amides is 1. The maximum absolute atomic E-state index is 12.6. The fourth-order valence-electron chi connectivity index (χ4n) is 3.36. The van der Waals surface area contributed by atoms with Gasteiger partial charge < -0.3 is 5.32 Å². The molecular formula is C21H25NO. The molecule has 2 nitrogen and oxygen atoms in total. The van der Waals surface area contributed by atoms with E-state index in [9.17, 15) is 4.79 Å². The van der Waals surface area contributed by atoms with E-state index in [1.807, 2.05) is 32.0 Å². The Morgan fingerprint density at radius 1 is 1.00 bits per heavy atom. The van der Waals surface area contributed by atoms with E-state index in [1.165, 1.54) is 42.4 Å². The fraction of sp³-hybridized carbons (Fsp3) is 0.381. The monoisotopic (exact) mass is 307 g/mol. The van der Waals surface area contributed by atoms with E-state index in [2.05, 4.69) is 30.4 Å². The van der Waals surface area contributed by atoms with Gasteiger partial charge in [0, 0.05) is 5.56 Å². The average molecular weight is 307 g/mol. The highest BCUT2D eigenvalue weighted by molar-refractivity contribution is 5.96. The van der Waals surface area contributed by atoms with Crippen molar-refractivity contribution in [1.29, 1.82) is 0 Å². The lowest BCUT2D eigenvalue weighted by atomic mass is 9.89. The van der Waals surface area contributed by atoms with Crippen LogP contribution in [0, 0.1) is 13.8 Å². The third-order valence-corrected chi connectivity index (χ3v) is 4.86.